The molecule has 5 fully saturated rings. The second-order valence-corrected chi connectivity index (χ2v) is 11.9. The summed E-state index contributed by atoms with van der Waals surface area (Å²) in [6.45, 7) is 8.06. The SMILES string of the molecule is C[C@@H]1CC[C@H]2[C@H](CN3C[C@H]4C[C@@H](C3)c3cccc(=O)n3C4)C(=O)O[C@]23[C@H]1CC[C@@]1(C)O[C@@H]31. The molecule has 172 valence electrons. The maximum Gasteiger partial charge on any atom is 0.311 e. The molecule has 6 aliphatic rings. The number of pyridine rings is 1. The van der Waals surface area contributed by atoms with Gasteiger partial charge in [-0.05, 0) is 56.9 Å². The zero-order valence-electron chi connectivity index (χ0n) is 19.2. The van der Waals surface area contributed by atoms with Gasteiger partial charge in [-0.3, -0.25) is 9.59 Å². The number of ether oxygens (including phenoxy) is 2. The van der Waals surface area contributed by atoms with Crippen LogP contribution in [0.15, 0.2) is 23.0 Å². The Bertz CT molecular complexity index is 1040. The molecule has 2 bridgehead atoms. The summed E-state index contributed by atoms with van der Waals surface area (Å²) in [6, 6.07) is 5.68. The van der Waals surface area contributed by atoms with Gasteiger partial charge in [0.05, 0.1) is 11.5 Å². The largest absolute Gasteiger partial charge is 0.455 e. The maximum absolute atomic E-state index is 13.4. The lowest BCUT2D eigenvalue weighted by atomic mass is 9.55. The van der Waals surface area contributed by atoms with Crippen molar-refractivity contribution in [2.75, 3.05) is 19.6 Å². The normalized spacial score (nSPS) is 48.8. The molecule has 0 N–H and O–H groups in total. The highest BCUT2D eigenvalue weighted by Crippen LogP contribution is 2.66. The van der Waals surface area contributed by atoms with Gasteiger partial charge in [-0.15, -0.1) is 0 Å². The predicted octanol–water partition coefficient (Wildman–Crippen LogP) is 2.79. The van der Waals surface area contributed by atoms with Crippen molar-refractivity contribution in [3.8, 4) is 0 Å². The molecule has 1 aromatic rings. The lowest BCUT2D eigenvalue weighted by Gasteiger charge is -2.50. The first-order valence-electron chi connectivity index (χ1n) is 12.7. The van der Waals surface area contributed by atoms with Gasteiger partial charge in [0.15, 0.2) is 0 Å². The number of aromatic nitrogens is 1. The van der Waals surface area contributed by atoms with Gasteiger partial charge in [-0.1, -0.05) is 13.0 Å². The molecule has 3 saturated heterocycles. The van der Waals surface area contributed by atoms with Crippen LogP contribution in [0.4, 0.5) is 0 Å². The molecule has 0 aromatic carbocycles. The van der Waals surface area contributed by atoms with Crippen molar-refractivity contribution in [1.82, 2.24) is 9.47 Å². The van der Waals surface area contributed by atoms with Gasteiger partial charge in [0.25, 0.3) is 5.56 Å². The summed E-state index contributed by atoms with van der Waals surface area (Å²) in [5.41, 5.74) is 0.821. The molecule has 4 aliphatic heterocycles. The van der Waals surface area contributed by atoms with Crippen LogP contribution in [0.25, 0.3) is 0 Å². The van der Waals surface area contributed by atoms with E-state index in [2.05, 4.69) is 24.8 Å². The number of epoxide rings is 1. The second-order valence-electron chi connectivity index (χ2n) is 11.9. The molecule has 6 heteroatoms. The van der Waals surface area contributed by atoms with Gasteiger partial charge in [0.2, 0.25) is 0 Å². The average Bonchev–Trinajstić information content (AvgIpc) is 3.39. The van der Waals surface area contributed by atoms with Crippen molar-refractivity contribution in [3.63, 3.8) is 0 Å². The Morgan fingerprint density at radius 1 is 1.09 bits per heavy atom. The van der Waals surface area contributed by atoms with Crippen LogP contribution in [0.3, 0.4) is 0 Å². The predicted molar refractivity (Wildman–Crippen MR) is 118 cm³/mol. The molecular formula is C26H34N2O4. The van der Waals surface area contributed by atoms with E-state index in [-0.39, 0.29) is 35.1 Å². The number of carbonyl (C=O) groups excluding carboxylic acids is 1. The average molecular weight is 439 g/mol. The lowest BCUT2D eigenvalue weighted by Crippen LogP contribution is -2.58. The molecule has 6 nitrogen and oxygen atoms in total. The van der Waals surface area contributed by atoms with Crippen molar-refractivity contribution >= 4 is 5.97 Å². The Morgan fingerprint density at radius 3 is 2.84 bits per heavy atom. The summed E-state index contributed by atoms with van der Waals surface area (Å²) in [6.07, 6.45) is 5.71. The van der Waals surface area contributed by atoms with Crippen LogP contribution >= 0.6 is 0 Å². The van der Waals surface area contributed by atoms with Gasteiger partial charge >= 0.3 is 5.97 Å². The Hall–Kier alpha value is -1.66. The molecule has 5 heterocycles. The summed E-state index contributed by atoms with van der Waals surface area (Å²) in [4.78, 5) is 28.2. The fraction of sp³-hybridized carbons (Fsp3) is 0.769. The van der Waals surface area contributed by atoms with Crippen molar-refractivity contribution in [2.45, 2.75) is 75.7 Å². The van der Waals surface area contributed by atoms with Gasteiger partial charge in [-0.2, -0.15) is 0 Å². The van der Waals surface area contributed by atoms with E-state index in [0.717, 1.165) is 51.9 Å². The Morgan fingerprint density at radius 2 is 1.97 bits per heavy atom. The van der Waals surface area contributed by atoms with Crippen molar-refractivity contribution in [2.24, 2.45) is 29.6 Å². The number of piperidine rings is 1. The first-order chi connectivity index (χ1) is 15.4. The van der Waals surface area contributed by atoms with Crippen LogP contribution in [0, 0.1) is 29.6 Å². The molecule has 32 heavy (non-hydrogen) atoms. The lowest BCUT2D eigenvalue weighted by molar-refractivity contribution is -0.168. The van der Waals surface area contributed by atoms with Gasteiger partial charge in [0.1, 0.15) is 11.7 Å². The number of carbonyl (C=O) groups is 1. The van der Waals surface area contributed by atoms with Crippen LogP contribution in [0.2, 0.25) is 0 Å². The number of rotatable bonds is 2. The standard InChI is InChI=1S/C26H34N2O4/c1-15-6-7-20-18(23(30)31-26(20)19(15)8-9-25(2)24(26)32-25)14-27-11-16-10-17(13-27)21-4-3-5-22(29)28(21)12-16/h3-5,15-20,24H,6-14H2,1-2H3/t15-,16-,17+,18+,19+,20+,24-,25-,26-/m1/s1. The Kier molecular flexibility index (Phi) is 4.00. The molecule has 2 saturated carbocycles. The van der Waals surface area contributed by atoms with E-state index >= 15 is 0 Å². The minimum atomic E-state index is -0.391. The van der Waals surface area contributed by atoms with Crippen LogP contribution < -0.4 is 5.56 Å². The fourth-order valence-electron chi connectivity index (χ4n) is 8.68. The molecule has 9 atom stereocenters. The topological polar surface area (TPSA) is 64.1 Å². The molecule has 1 aromatic heterocycles. The summed E-state index contributed by atoms with van der Waals surface area (Å²) in [7, 11) is 0. The second kappa shape index (κ2) is 6.47. The minimum Gasteiger partial charge on any atom is -0.455 e. The summed E-state index contributed by atoms with van der Waals surface area (Å²) < 4.78 is 14.7. The van der Waals surface area contributed by atoms with Crippen molar-refractivity contribution < 1.29 is 14.3 Å². The number of nitrogens with zero attached hydrogens (tertiary/aromatic N) is 2. The number of hydrogen-bond acceptors (Lipinski definition) is 5. The third-order valence-corrected chi connectivity index (χ3v) is 10.1. The van der Waals surface area contributed by atoms with E-state index < -0.39 is 5.60 Å². The van der Waals surface area contributed by atoms with Gasteiger partial charge in [0, 0.05) is 55.7 Å². The number of likely N-dealkylation sites (tertiary alicyclic amines) is 1. The molecule has 1 spiro atoms. The fourth-order valence-corrected chi connectivity index (χ4v) is 8.68. The monoisotopic (exact) mass is 438 g/mol. The van der Waals surface area contributed by atoms with Crippen LogP contribution in [-0.2, 0) is 20.8 Å². The first-order valence-corrected chi connectivity index (χ1v) is 12.7. The smallest absolute Gasteiger partial charge is 0.311 e. The van der Waals surface area contributed by atoms with Crippen molar-refractivity contribution in [1.29, 1.82) is 0 Å². The third-order valence-electron chi connectivity index (χ3n) is 10.1. The summed E-state index contributed by atoms with van der Waals surface area (Å²) in [5, 5.41) is 0. The molecule has 2 aliphatic carbocycles. The molecule has 0 radical (unpaired) electrons. The molecule has 0 unspecified atom stereocenters. The highest BCUT2D eigenvalue weighted by atomic mass is 16.7. The molecule has 0 amide bonds. The minimum absolute atomic E-state index is 0.0150. The number of fused-ring (bicyclic) bond motifs is 5. The van der Waals surface area contributed by atoms with E-state index in [9.17, 15) is 9.59 Å². The van der Waals surface area contributed by atoms with E-state index in [0.29, 0.717) is 23.7 Å². The van der Waals surface area contributed by atoms with Crippen LogP contribution in [0.1, 0.15) is 57.6 Å². The zero-order chi connectivity index (χ0) is 21.8. The van der Waals surface area contributed by atoms with Crippen LogP contribution in [-0.4, -0.2) is 52.4 Å². The highest BCUT2D eigenvalue weighted by Gasteiger charge is 2.77. The number of hydrogen-bond donors (Lipinski definition) is 0. The maximum atomic E-state index is 13.4. The Balaban J connectivity index is 1.16. The third kappa shape index (κ3) is 2.54. The van der Waals surface area contributed by atoms with Crippen LogP contribution in [0.5, 0.6) is 0 Å². The van der Waals surface area contributed by atoms with Gasteiger partial charge < -0.3 is 18.9 Å². The highest BCUT2D eigenvalue weighted by molar-refractivity contribution is 5.77. The molecule has 7 rings (SSSR count). The van der Waals surface area contributed by atoms with E-state index in [1.165, 1.54) is 12.1 Å². The van der Waals surface area contributed by atoms with Gasteiger partial charge in [-0.25, -0.2) is 0 Å². The number of esters is 1. The molecular weight excluding hydrogens is 404 g/mol. The van der Waals surface area contributed by atoms with E-state index in [1.807, 2.05) is 10.6 Å². The quantitative estimate of drug-likeness (QED) is 0.525. The Labute approximate surface area is 189 Å². The summed E-state index contributed by atoms with van der Waals surface area (Å²) >= 11 is 0. The van der Waals surface area contributed by atoms with E-state index in [4.69, 9.17) is 9.47 Å². The van der Waals surface area contributed by atoms with Crippen molar-refractivity contribution in [3.05, 3.63) is 34.2 Å². The van der Waals surface area contributed by atoms with E-state index in [1.54, 1.807) is 6.07 Å². The summed E-state index contributed by atoms with van der Waals surface area (Å²) in [5.74, 6) is 2.14. The zero-order valence-corrected chi connectivity index (χ0v) is 19.2. The first kappa shape index (κ1) is 19.8.